The molecule has 0 heterocycles. The van der Waals surface area contributed by atoms with E-state index in [1.54, 1.807) is 0 Å². The highest BCUT2D eigenvalue weighted by atomic mass is 16.5. The van der Waals surface area contributed by atoms with Crippen molar-refractivity contribution in [1.29, 1.82) is 0 Å². The van der Waals surface area contributed by atoms with Gasteiger partial charge in [0.1, 0.15) is 0 Å². The molecule has 0 aliphatic heterocycles. The largest absolute Gasteiger partial charge is 0.480 e. The minimum absolute atomic E-state index is 0.285. The third-order valence-electron chi connectivity index (χ3n) is 2.21. The number of nitrogens with zero attached hydrogens (tertiary/aromatic N) is 1. The zero-order valence-corrected chi connectivity index (χ0v) is 10.4. The van der Waals surface area contributed by atoms with Crippen LogP contribution in [-0.4, -0.2) is 72.4 Å². The molecule has 0 fully saturated rings. The summed E-state index contributed by atoms with van der Waals surface area (Å²) in [7, 11) is 1.48. The van der Waals surface area contributed by atoms with Crippen molar-refractivity contribution in [3.63, 3.8) is 0 Å². The second-order valence-electron chi connectivity index (χ2n) is 3.65. The number of hydrogen-bond acceptors (Lipinski definition) is 5. The number of carboxylic acid groups (broad SMARTS) is 2. The molecule has 0 radical (unpaired) electrons. The third-order valence-corrected chi connectivity index (χ3v) is 2.21. The molecule has 0 saturated heterocycles. The first-order chi connectivity index (χ1) is 8.38. The Morgan fingerprint density at radius 2 is 1.72 bits per heavy atom. The molecule has 1 unspecified atom stereocenters. The molecule has 8 nitrogen and oxygen atoms in total. The predicted octanol–water partition coefficient (Wildman–Crippen LogP) is -1.39. The van der Waals surface area contributed by atoms with E-state index < -0.39 is 37.0 Å². The Labute approximate surface area is 105 Å². The quantitative estimate of drug-likeness (QED) is 0.438. The molecular weight excluding hydrogens is 244 g/mol. The summed E-state index contributed by atoms with van der Waals surface area (Å²) in [6.07, 6.45) is 0. The molecule has 0 saturated carbocycles. The van der Waals surface area contributed by atoms with Crippen molar-refractivity contribution in [2.24, 2.45) is 0 Å². The molecule has 0 bridgehead atoms. The Balaban J connectivity index is 4.42. The van der Waals surface area contributed by atoms with Gasteiger partial charge in [-0.15, -0.1) is 0 Å². The second kappa shape index (κ2) is 8.43. The molecule has 0 rings (SSSR count). The van der Waals surface area contributed by atoms with E-state index in [0.29, 0.717) is 6.61 Å². The Bertz CT molecular complexity index is 291. The predicted molar refractivity (Wildman–Crippen MR) is 61.2 cm³/mol. The second-order valence-corrected chi connectivity index (χ2v) is 3.65. The Morgan fingerprint density at radius 1 is 1.22 bits per heavy atom. The van der Waals surface area contributed by atoms with Crippen LogP contribution >= 0.6 is 0 Å². The van der Waals surface area contributed by atoms with E-state index >= 15 is 0 Å². The van der Waals surface area contributed by atoms with Gasteiger partial charge < -0.3 is 20.3 Å². The number of amides is 1. The normalized spacial score (nSPS) is 12.2. The van der Waals surface area contributed by atoms with Gasteiger partial charge in [-0.3, -0.25) is 19.3 Å². The fraction of sp³-hybridized carbons (Fsp3) is 0.700. The summed E-state index contributed by atoms with van der Waals surface area (Å²) in [5.41, 5.74) is 0. The number of aliphatic carboxylic acids is 2. The van der Waals surface area contributed by atoms with Crippen molar-refractivity contribution in [3.05, 3.63) is 0 Å². The number of hydrogen-bond donors (Lipinski definition) is 3. The van der Waals surface area contributed by atoms with E-state index in [0.717, 1.165) is 4.90 Å². The van der Waals surface area contributed by atoms with E-state index in [4.69, 9.17) is 14.9 Å². The fourth-order valence-corrected chi connectivity index (χ4v) is 1.27. The van der Waals surface area contributed by atoms with Crippen molar-refractivity contribution < 1.29 is 29.3 Å². The summed E-state index contributed by atoms with van der Waals surface area (Å²) >= 11 is 0. The van der Waals surface area contributed by atoms with E-state index in [-0.39, 0.29) is 6.54 Å². The summed E-state index contributed by atoms with van der Waals surface area (Å²) in [4.78, 5) is 33.9. The number of nitrogens with one attached hydrogen (secondary N) is 1. The molecule has 0 aromatic carbocycles. The topological polar surface area (TPSA) is 116 Å². The summed E-state index contributed by atoms with van der Waals surface area (Å²) in [6.45, 7) is 1.05. The fourth-order valence-electron chi connectivity index (χ4n) is 1.27. The number of ether oxygens (including phenoxy) is 1. The molecular formula is C10H18N2O6. The van der Waals surface area contributed by atoms with Gasteiger partial charge >= 0.3 is 11.9 Å². The van der Waals surface area contributed by atoms with Crippen molar-refractivity contribution in [1.82, 2.24) is 10.2 Å². The smallest absolute Gasteiger partial charge is 0.317 e. The van der Waals surface area contributed by atoms with Crippen LogP contribution < -0.4 is 5.32 Å². The van der Waals surface area contributed by atoms with Crippen LogP contribution in [0.5, 0.6) is 0 Å². The van der Waals surface area contributed by atoms with Crippen molar-refractivity contribution in [3.8, 4) is 0 Å². The molecule has 0 spiro atoms. The first-order valence-corrected chi connectivity index (χ1v) is 5.32. The molecule has 8 heteroatoms. The molecule has 104 valence electrons. The van der Waals surface area contributed by atoms with E-state index in [9.17, 15) is 14.4 Å². The Kier molecular flexibility index (Phi) is 7.64. The summed E-state index contributed by atoms with van der Waals surface area (Å²) in [5, 5.41) is 19.8. The van der Waals surface area contributed by atoms with Crippen LogP contribution in [0.15, 0.2) is 0 Å². The van der Waals surface area contributed by atoms with Crippen LogP contribution in [0.1, 0.15) is 6.92 Å². The Hall–Kier alpha value is -1.67. The average molecular weight is 262 g/mol. The number of rotatable bonds is 9. The SMILES string of the molecule is COCCNC(=O)C(C)N(CC(=O)O)CC(=O)O. The summed E-state index contributed by atoms with van der Waals surface area (Å²) in [6, 6.07) is -0.839. The van der Waals surface area contributed by atoms with Gasteiger partial charge in [-0.1, -0.05) is 0 Å². The summed E-state index contributed by atoms with van der Waals surface area (Å²) < 4.78 is 4.75. The van der Waals surface area contributed by atoms with Gasteiger partial charge in [-0.25, -0.2) is 0 Å². The molecule has 0 aliphatic carbocycles. The van der Waals surface area contributed by atoms with E-state index in [1.807, 2.05) is 0 Å². The number of carbonyl (C=O) groups excluding carboxylic acids is 1. The van der Waals surface area contributed by atoms with E-state index in [2.05, 4.69) is 5.32 Å². The highest BCUT2D eigenvalue weighted by molar-refractivity contribution is 5.83. The van der Waals surface area contributed by atoms with Crippen LogP contribution in [0.3, 0.4) is 0 Å². The van der Waals surface area contributed by atoms with Gasteiger partial charge in [-0.2, -0.15) is 0 Å². The number of methoxy groups -OCH3 is 1. The van der Waals surface area contributed by atoms with Crippen LogP contribution in [0.2, 0.25) is 0 Å². The maximum absolute atomic E-state index is 11.6. The third kappa shape index (κ3) is 6.81. The van der Waals surface area contributed by atoms with Crippen molar-refractivity contribution in [2.45, 2.75) is 13.0 Å². The highest BCUT2D eigenvalue weighted by Crippen LogP contribution is 1.99. The van der Waals surface area contributed by atoms with Gasteiger partial charge in [-0.05, 0) is 6.92 Å². The molecule has 18 heavy (non-hydrogen) atoms. The van der Waals surface area contributed by atoms with Crippen LogP contribution in [0.4, 0.5) is 0 Å². The van der Waals surface area contributed by atoms with Crippen LogP contribution in [0, 0.1) is 0 Å². The molecule has 0 aromatic rings. The Morgan fingerprint density at radius 3 is 2.11 bits per heavy atom. The lowest BCUT2D eigenvalue weighted by molar-refractivity contribution is -0.143. The lowest BCUT2D eigenvalue weighted by Crippen LogP contribution is -2.49. The zero-order valence-electron chi connectivity index (χ0n) is 10.4. The minimum atomic E-state index is -1.19. The lowest BCUT2D eigenvalue weighted by atomic mass is 10.2. The van der Waals surface area contributed by atoms with Gasteiger partial charge in [0.15, 0.2) is 0 Å². The van der Waals surface area contributed by atoms with Crippen LogP contribution in [-0.2, 0) is 19.1 Å². The minimum Gasteiger partial charge on any atom is -0.480 e. The summed E-state index contributed by atoms with van der Waals surface area (Å²) in [5.74, 6) is -2.81. The van der Waals surface area contributed by atoms with Gasteiger partial charge in [0, 0.05) is 13.7 Å². The van der Waals surface area contributed by atoms with Crippen LogP contribution in [0.25, 0.3) is 0 Å². The first kappa shape index (κ1) is 16.3. The monoisotopic (exact) mass is 262 g/mol. The van der Waals surface area contributed by atoms with Crippen molar-refractivity contribution in [2.75, 3.05) is 33.4 Å². The van der Waals surface area contributed by atoms with Gasteiger partial charge in [0.2, 0.25) is 5.91 Å². The lowest BCUT2D eigenvalue weighted by Gasteiger charge is -2.24. The van der Waals surface area contributed by atoms with Crippen molar-refractivity contribution >= 4 is 17.8 Å². The molecule has 1 atom stereocenters. The molecule has 3 N–H and O–H groups in total. The highest BCUT2D eigenvalue weighted by Gasteiger charge is 2.24. The first-order valence-electron chi connectivity index (χ1n) is 5.32. The molecule has 0 aliphatic rings. The van der Waals surface area contributed by atoms with Gasteiger partial charge in [0.25, 0.3) is 0 Å². The maximum atomic E-state index is 11.6. The standard InChI is InChI=1S/C10H18N2O6/c1-7(10(17)11-3-4-18-2)12(5-8(13)14)6-9(15)16/h7H,3-6H2,1-2H3,(H,11,17)(H,13,14)(H,15,16). The zero-order chi connectivity index (χ0) is 14.1. The molecule has 0 aromatic heterocycles. The molecule has 1 amide bonds. The number of carboxylic acids is 2. The number of carbonyl (C=O) groups is 3. The van der Waals surface area contributed by atoms with Gasteiger partial charge in [0.05, 0.1) is 25.7 Å². The average Bonchev–Trinajstić information content (AvgIpc) is 2.26. The maximum Gasteiger partial charge on any atom is 0.317 e. The van der Waals surface area contributed by atoms with E-state index in [1.165, 1.54) is 14.0 Å².